The fourth-order valence-corrected chi connectivity index (χ4v) is 5.78. The second-order valence-corrected chi connectivity index (χ2v) is 8.54. The minimum absolute atomic E-state index is 0. The van der Waals surface area contributed by atoms with Crippen molar-refractivity contribution in [3.63, 3.8) is 0 Å². The van der Waals surface area contributed by atoms with Crippen molar-refractivity contribution in [2.24, 2.45) is 17.6 Å². The first-order valence-electron chi connectivity index (χ1n) is 10.8. The van der Waals surface area contributed by atoms with Crippen LogP contribution in [0.1, 0.15) is 40.1 Å². The van der Waals surface area contributed by atoms with E-state index in [1.165, 1.54) is 41.9 Å². The van der Waals surface area contributed by atoms with Gasteiger partial charge in [-0.15, -0.1) is 0 Å². The number of hydrogen-bond acceptors (Lipinski definition) is 4. The van der Waals surface area contributed by atoms with E-state index in [-0.39, 0.29) is 8.85 Å². The molecule has 1 saturated heterocycles. The fraction of sp³-hybridized carbons (Fsp3) is 0.520. The molecule has 158 valence electrons. The Bertz CT molecular complexity index is 869. The van der Waals surface area contributed by atoms with Crippen molar-refractivity contribution in [1.29, 1.82) is 0 Å². The highest BCUT2D eigenvalue weighted by molar-refractivity contribution is 5.72. The van der Waals surface area contributed by atoms with Gasteiger partial charge in [-0.1, -0.05) is 32.2 Å². The van der Waals surface area contributed by atoms with Gasteiger partial charge in [0.05, 0.1) is 18.9 Å². The Morgan fingerprint density at radius 1 is 1.14 bits per heavy atom. The summed E-state index contributed by atoms with van der Waals surface area (Å²) in [6.07, 6.45) is 4.87. The standard InChI is InChI=1S/C24H31N3O.CH4.H2/c1-16-5-3-4-6-21(16)27-17(2)20(9-10-25)22-18-7-8-19(15-18)23(22)24(27)26-11-13-28-14-12-26;;/h3-6,18-19H,2,7-15,25H2,1H3;1H4;1H. The zero-order valence-electron chi connectivity index (χ0n) is 16.9. The highest BCUT2D eigenvalue weighted by atomic mass is 16.5. The van der Waals surface area contributed by atoms with Crippen molar-refractivity contribution in [2.75, 3.05) is 37.7 Å². The average molecular weight is 396 g/mol. The maximum Gasteiger partial charge on any atom is 0.117 e. The van der Waals surface area contributed by atoms with Crippen molar-refractivity contribution < 1.29 is 6.16 Å². The molecule has 0 radical (unpaired) electrons. The number of morpholine rings is 1. The first kappa shape index (κ1) is 20.2. The number of hydrogen-bond donors (Lipinski definition) is 1. The number of nitrogens with zero attached hydrogens (tertiary/aromatic N) is 2. The minimum atomic E-state index is 0. The first-order chi connectivity index (χ1) is 13.7. The number of nitrogens with two attached hydrogens (primary N) is 1. The van der Waals surface area contributed by atoms with Crippen LogP contribution in [-0.2, 0) is 4.74 Å². The van der Waals surface area contributed by atoms with Crippen LogP contribution in [0.2, 0.25) is 0 Å². The molecular formula is C25H37N3O. The Labute approximate surface area is 177 Å². The van der Waals surface area contributed by atoms with Crippen LogP contribution < -0.4 is 10.6 Å². The van der Waals surface area contributed by atoms with Crippen molar-refractivity contribution in [2.45, 2.75) is 40.0 Å². The summed E-state index contributed by atoms with van der Waals surface area (Å²) in [7, 11) is 0. The molecule has 29 heavy (non-hydrogen) atoms. The number of aryl methyl sites for hydroxylation is 1. The van der Waals surface area contributed by atoms with Gasteiger partial charge in [-0.25, -0.2) is 0 Å². The normalized spacial score (nSPS) is 26.2. The quantitative estimate of drug-likeness (QED) is 0.793. The van der Waals surface area contributed by atoms with Gasteiger partial charge in [-0.3, -0.25) is 4.90 Å². The second-order valence-electron chi connectivity index (χ2n) is 8.54. The van der Waals surface area contributed by atoms with Gasteiger partial charge in [0.15, 0.2) is 0 Å². The molecule has 3 fully saturated rings. The lowest BCUT2D eigenvalue weighted by Gasteiger charge is -2.45. The van der Waals surface area contributed by atoms with Crippen LogP contribution in [0.5, 0.6) is 0 Å². The largest absolute Gasteiger partial charge is 0.378 e. The third kappa shape index (κ3) is 3.13. The molecule has 2 aliphatic heterocycles. The van der Waals surface area contributed by atoms with E-state index in [1.807, 2.05) is 0 Å². The minimum Gasteiger partial charge on any atom is -0.378 e. The number of fused-ring (bicyclic) bond motifs is 5. The molecule has 1 aromatic rings. The fourth-order valence-electron chi connectivity index (χ4n) is 5.78. The van der Waals surface area contributed by atoms with Crippen molar-refractivity contribution in [1.82, 2.24) is 4.90 Å². The lowest BCUT2D eigenvalue weighted by molar-refractivity contribution is 0.0519. The third-order valence-electron chi connectivity index (χ3n) is 7.00. The van der Waals surface area contributed by atoms with Gasteiger partial charge in [0.1, 0.15) is 5.82 Å². The SMILES string of the molecule is C.C=C1C(CCN)=C2C(=C(N3CCOCC3)N1c1ccccc1C)C1CCC2C1.[HH]. The predicted molar refractivity (Wildman–Crippen MR) is 123 cm³/mol. The molecule has 4 aliphatic rings. The molecule has 5 rings (SSSR count). The van der Waals surface area contributed by atoms with E-state index < -0.39 is 0 Å². The Hall–Kier alpha value is -2.04. The van der Waals surface area contributed by atoms with Crippen LogP contribution in [0.4, 0.5) is 5.69 Å². The molecule has 0 amide bonds. The van der Waals surface area contributed by atoms with Gasteiger partial charge in [0.25, 0.3) is 0 Å². The van der Waals surface area contributed by atoms with Gasteiger partial charge < -0.3 is 15.4 Å². The summed E-state index contributed by atoms with van der Waals surface area (Å²) in [4.78, 5) is 5.00. The third-order valence-corrected chi connectivity index (χ3v) is 7.00. The number of benzene rings is 1. The van der Waals surface area contributed by atoms with Crippen molar-refractivity contribution in [3.8, 4) is 0 Å². The van der Waals surface area contributed by atoms with Gasteiger partial charge in [0, 0.05) is 25.8 Å². The van der Waals surface area contributed by atoms with E-state index in [4.69, 9.17) is 10.5 Å². The second kappa shape index (κ2) is 8.00. The Balaban J connectivity index is 0.00000128. The van der Waals surface area contributed by atoms with E-state index in [1.54, 1.807) is 11.1 Å². The maximum atomic E-state index is 6.06. The van der Waals surface area contributed by atoms with Crippen LogP contribution >= 0.6 is 0 Å². The van der Waals surface area contributed by atoms with Gasteiger partial charge >= 0.3 is 0 Å². The van der Waals surface area contributed by atoms with Gasteiger partial charge in [-0.05, 0) is 73.8 Å². The molecule has 0 aromatic heterocycles. The van der Waals surface area contributed by atoms with Crippen LogP contribution in [-0.4, -0.2) is 37.7 Å². The van der Waals surface area contributed by atoms with Crippen molar-refractivity contribution in [3.05, 3.63) is 64.6 Å². The highest BCUT2D eigenvalue weighted by Crippen LogP contribution is 2.58. The zero-order valence-corrected chi connectivity index (χ0v) is 16.9. The number of allylic oxidation sites excluding steroid dienone is 3. The molecule has 2 unspecified atom stereocenters. The van der Waals surface area contributed by atoms with Crippen LogP contribution in [0.25, 0.3) is 0 Å². The molecule has 2 bridgehead atoms. The summed E-state index contributed by atoms with van der Waals surface area (Å²) >= 11 is 0. The van der Waals surface area contributed by atoms with E-state index in [0.29, 0.717) is 18.4 Å². The summed E-state index contributed by atoms with van der Waals surface area (Å²) in [5.41, 5.74) is 14.3. The summed E-state index contributed by atoms with van der Waals surface area (Å²) in [6, 6.07) is 8.69. The number of anilines is 1. The predicted octanol–water partition coefficient (Wildman–Crippen LogP) is 4.83. The maximum absolute atomic E-state index is 6.06. The van der Waals surface area contributed by atoms with Gasteiger partial charge in [0.2, 0.25) is 0 Å². The number of para-hydroxylation sites is 1. The molecular weight excluding hydrogens is 358 g/mol. The van der Waals surface area contributed by atoms with E-state index in [9.17, 15) is 0 Å². The Morgan fingerprint density at radius 3 is 2.52 bits per heavy atom. The monoisotopic (exact) mass is 395 g/mol. The molecule has 2 saturated carbocycles. The Morgan fingerprint density at radius 2 is 1.83 bits per heavy atom. The van der Waals surface area contributed by atoms with E-state index in [0.717, 1.165) is 38.4 Å². The van der Waals surface area contributed by atoms with E-state index in [2.05, 4.69) is 47.6 Å². The Kier molecular flexibility index (Phi) is 5.58. The van der Waals surface area contributed by atoms with Crippen molar-refractivity contribution >= 4 is 5.69 Å². The molecule has 2 atom stereocenters. The van der Waals surface area contributed by atoms with E-state index >= 15 is 0 Å². The number of rotatable bonds is 4. The smallest absolute Gasteiger partial charge is 0.117 e. The molecule has 0 spiro atoms. The summed E-state index contributed by atoms with van der Waals surface area (Å²) in [5, 5.41) is 0. The molecule has 1 aromatic carbocycles. The molecule has 2 N–H and O–H groups in total. The molecule has 2 aliphatic carbocycles. The van der Waals surface area contributed by atoms with Gasteiger partial charge in [-0.2, -0.15) is 0 Å². The average Bonchev–Trinajstić information content (AvgIpc) is 3.33. The first-order valence-corrected chi connectivity index (χ1v) is 10.8. The van der Waals surface area contributed by atoms with Crippen LogP contribution in [0.3, 0.4) is 0 Å². The summed E-state index contributed by atoms with van der Waals surface area (Å²) in [6.45, 7) is 11.0. The van der Waals surface area contributed by atoms with Crippen LogP contribution in [0.15, 0.2) is 59.1 Å². The summed E-state index contributed by atoms with van der Waals surface area (Å²) < 4.78 is 5.68. The zero-order chi connectivity index (χ0) is 19.3. The molecule has 4 nitrogen and oxygen atoms in total. The molecule has 2 heterocycles. The van der Waals surface area contributed by atoms with Crippen LogP contribution in [0, 0.1) is 18.8 Å². The highest BCUT2D eigenvalue weighted by Gasteiger charge is 2.47. The summed E-state index contributed by atoms with van der Waals surface area (Å²) in [5.74, 6) is 2.77. The number of ether oxygens (including phenoxy) is 1. The topological polar surface area (TPSA) is 41.7 Å². The molecule has 4 heteroatoms. The lowest BCUT2D eigenvalue weighted by Crippen LogP contribution is -2.45. The lowest BCUT2D eigenvalue weighted by atomic mass is 9.81.